The van der Waals surface area contributed by atoms with Gasteiger partial charge in [0.25, 0.3) is 5.97 Å². The fraction of sp³-hybridized carbons (Fsp3) is 0.909. The molecule has 0 fully saturated rings. The number of unbranched alkanes of at least 4 members (excludes halogenated alkanes) is 5. The number of aliphatic hydroxyl groups is 1. The molecule has 0 aliphatic heterocycles. The quantitative estimate of drug-likeness (QED) is 0.680. The van der Waals surface area contributed by atoms with E-state index in [1.807, 2.05) is 0 Å². The smallest absolute Gasteiger partial charge is 0.300 e. The van der Waals surface area contributed by atoms with Crippen LogP contribution in [0.5, 0.6) is 0 Å². The highest BCUT2D eigenvalue weighted by atomic mass is 16.4. The first kappa shape index (κ1) is 19.1. The number of hydrogen-bond donors (Lipinski definition) is 2. The number of aliphatic carboxylic acids is 1. The zero-order valence-electron chi connectivity index (χ0n) is 10.0. The third-order valence-electron chi connectivity index (χ3n) is 1.46. The number of rotatable bonds is 5. The molecular weight excluding hydrogens is 180 g/mol. The zero-order chi connectivity index (χ0) is 11.8. The Kier molecular flexibility index (Phi) is 31.1. The van der Waals surface area contributed by atoms with Crippen LogP contribution in [-0.2, 0) is 4.79 Å². The van der Waals surface area contributed by atoms with Gasteiger partial charge in [-0.15, -0.1) is 0 Å². The van der Waals surface area contributed by atoms with Crippen LogP contribution in [0.1, 0.15) is 59.3 Å². The molecule has 0 aromatic heterocycles. The second-order valence-corrected chi connectivity index (χ2v) is 2.93. The molecule has 0 radical (unpaired) electrons. The van der Waals surface area contributed by atoms with Crippen molar-refractivity contribution >= 4 is 5.97 Å². The van der Waals surface area contributed by atoms with Crippen molar-refractivity contribution in [3.63, 3.8) is 0 Å². The van der Waals surface area contributed by atoms with Gasteiger partial charge in [-0.1, -0.05) is 52.4 Å². The number of aliphatic hydroxyl groups excluding tert-OH is 1. The Morgan fingerprint density at radius 3 is 1.29 bits per heavy atom. The van der Waals surface area contributed by atoms with Gasteiger partial charge >= 0.3 is 0 Å². The van der Waals surface area contributed by atoms with E-state index in [1.165, 1.54) is 38.5 Å². The van der Waals surface area contributed by atoms with Crippen molar-refractivity contribution in [2.24, 2.45) is 0 Å². The Balaban J connectivity index is -0.000000170. The molecule has 0 unspecified atom stereocenters. The molecule has 0 bridgehead atoms. The molecule has 3 heteroatoms. The van der Waals surface area contributed by atoms with Crippen LogP contribution in [0.4, 0.5) is 0 Å². The van der Waals surface area contributed by atoms with Gasteiger partial charge in [-0.05, 0) is 0 Å². The largest absolute Gasteiger partial charge is 0.481 e. The van der Waals surface area contributed by atoms with Crippen LogP contribution in [0, 0.1) is 0 Å². The van der Waals surface area contributed by atoms with Gasteiger partial charge in [0.15, 0.2) is 0 Å². The SMILES string of the molecule is CC(=O)O.CCCCCCCC.CO. The Hall–Kier alpha value is -0.570. The van der Waals surface area contributed by atoms with E-state index in [1.54, 1.807) is 0 Å². The van der Waals surface area contributed by atoms with E-state index in [9.17, 15) is 0 Å². The van der Waals surface area contributed by atoms with Crippen LogP contribution in [0.25, 0.3) is 0 Å². The number of carboxylic acids is 1. The van der Waals surface area contributed by atoms with Crippen molar-refractivity contribution in [2.45, 2.75) is 59.3 Å². The molecule has 2 N–H and O–H groups in total. The second-order valence-electron chi connectivity index (χ2n) is 2.93. The van der Waals surface area contributed by atoms with E-state index in [4.69, 9.17) is 15.0 Å². The van der Waals surface area contributed by atoms with Crippen LogP contribution in [0.15, 0.2) is 0 Å². The van der Waals surface area contributed by atoms with Crippen LogP contribution in [0.3, 0.4) is 0 Å². The minimum absolute atomic E-state index is 0.833. The summed E-state index contributed by atoms with van der Waals surface area (Å²) >= 11 is 0. The van der Waals surface area contributed by atoms with E-state index in [0.717, 1.165) is 14.0 Å². The first-order valence-electron chi connectivity index (χ1n) is 5.29. The van der Waals surface area contributed by atoms with E-state index >= 15 is 0 Å². The topological polar surface area (TPSA) is 57.5 Å². The summed E-state index contributed by atoms with van der Waals surface area (Å²) in [4.78, 5) is 9.00. The van der Waals surface area contributed by atoms with Gasteiger partial charge in [0.1, 0.15) is 0 Å². The molecule has 0 saturated heterocycles. The van der Waals surface area contributed by atoms with Gasteiger partial charge < -0.3 is 10.2 Å². The molecule has 0 aromatic rings. The van der Waals surface area contributed by atoms with Crippen molar-refractivity contribution < 1.29 is 15.0 Å². The molecule has 0 rings (SSSR count). The van der Waals surface area contributed by atoms with Gasteiger partial charge in [0.05, 0.1) is 0 Å². The van der Waals surface area contributed by atoms with E-state index in [-0.39, 0.29) is 0 Å². The molecule has 0 amide bonds. The standard InChI is InChI=1S/C8H18.C2H4O2.CH4O/c1-3-5-7-8-6-4-2;1-2(3)4;1-2/h3-8H2,1-2H3;1H3,(H,3,4);2H,1H3. The maximum Gasteiger partial charge on any atom is 0.300 e. The number of carbonyl (C=O) groups is 1. The Bertz CT molecular complexity index is 82.5. The van der Waals surface area contributed by atoms with Crippen molar-refractivity contribution in [2.75, 3.05) is 7.11 Å². The van der Waals surface area contributed by atoms with E-state index < -0.39 is 5.97 Å². The number of hydrogen-bond acceptors (Lipinski definition) is 2. The molecule has 0 spiro atoms. The molecule has 88 valence electrons. The first-order chi connectivity index (χ1) is 6.65. The highest BCUT2D eigenvalue weighted by Gasteiger charge is 1.83. The molecule has 0 aliphatic carbocycles. The third-order valence-corrected chi connectivity index (χ3v) is 1.46. The summed E-state index contributed by atoms with van der Waals surface area (Å²) in [5, 5.41) is 14.4. The van der Waals surface area contributed by atoms with Gasteiger partial charge in [-0.3, -0.25) is 4.79 Å². The van der Waals surface area contributed by atoms with Crippen molar-refractivity contribution in [1.29, 1.82) is 0 Å². The lowest BCUT2D eigenvalue weighted by Gasteiger charge is -1.93. The van der Waals surface area contributed by atoms with Crippen molar-refractivity contribution in [1.82, 2.24) is 0 Å². The van der Waals surface area contributed by atoms with Crippen molar-refractivity contribution in [3.8, 4) is 0 Å². The van der Waals surface area contributed by atoms with Crippen LogP contribution in [0.2, 0.25) is 0 Å². The highest BCUT2D eigenvalue weighted by Crippen LogP contribution is 2.03. The van der Waals surface area contributed by atoms with Gasteiger partial charge in [0.2, 0.25) is 0 Å². The average molecular weight is 206 g/mol. The molecule has 14 heavy (non-hydrogen) atoms. The average Bonchev–Trinajstić information content (AvgIpc) is 2.15. The minimum Gasteiger partial charge on any atom is -0.481 e. The summed E-state index contributed by atoms with van der Waals surface area (Å²) in [6.45, 7) is 5.60. The molecule has 0 saturated carbocycles. The van der Waals surface area contributed by atoms with Gasteiger partial charge in [-0.2, -0.15) is 0 Å². The minimum atomic E-state index is -0.833. The lowest BCUT2D eigenvalue weighted by molar-refractivity contribution is -0.134. The fourth-order valence-corrected chi connectivity index (χ4v) is 0.854. The lowest BCUT2D eigenvalue weighted by atomic mass is 10.1. The molecule has 0 heterocycles. The summed E-state index contributed by atoms with van der Waals surface area (Å²) < 4.78 is 0. The zero-order valence-corrected chi connectivity index (χ0v) is 10.0. The molecular formula is C11H26O3. The van der Waals surface area contributed by atoms with Gasteiger partial charge in [0, 0.05) is 14.0 Å². The third kappa shape index (κ3) is 63.4. The second kappa shape index (κ2) is 22.9. The molecule has 0 aliphatic rings. The van der Waals surface area contributed by atoms with Crippen LogP contribution < -0.4 is 0 Å². The summed E-state index contributed by atoms with van der Waals surface area (Å²) in [6, 6.07) is 0. The fourth-order valence-electron chi connectivity index (χ4n) is 0.854. The molecule has 0 atom stereocenters. The Labute approximate surface area is 88.2 Å². The maximum absolute atomic E-state index is 9.00. The Morgan fingerprint density at radius 2 is 1.14 bits per heavy atom. The first-order valence-corrected chi connectivity index (χ1v) is 5.29. The van der Waals surface area contributed by atoms with Gasteiger partial charge in [-0.25, -0.2) is 0 Å². The van der Waals surface area contributed by atoms with Crippen LogP contribution >= 0.6 is 0 Å². The predicted octanol–water partition coefficient (Wildman–Crippen LogP) is 3.07. The van der Waals surface area contributed by atoms with Crippen LogP contribution in [-0.4, -0.2) is 23.3 Å². The Morgan fingerprint density at radius 1 is 0.929 bits per heavy atom. The maximum atomic E-state index is 9.00. The highest BCUT2D eigenvalue weighted by molar-refractivity contribution is 5.62. The molecule has 3 nitrogen and oxygen atoms in total. The summed E-state index contributed by atoms with van der Waals surface area (Å²) in [5.41, 5.74) is 0. The summed E-state index contributed by atoms with van der Waals surface area (Å²) in [6.07, 6.45) is 8.49. The lowest BCUT2D eigenvalue weighted by Crippen LogP contribution is -1.78. The monoisotopic (exact) mass is 206 g/mol. The van der Waals surface area contributed by atoms with E-state index in [2.05, 4.69) is 13.8 Å². The summed E-state index contributed by atoms with van der Waals surface area (Å²) in [7, 11) is 1.00. The van der Waals surface area contributed by atoms with E-state index in [0.29, 0.717) is 0 Å². The van der Waals surface area contributed by atoms with Crippen molar-refractivity contribution in [3.05, 3.63) is 0 Å². The normalized spacial score (nSPS) is 7.79. The molecule has 0 aromatic carbocycles. The predicted molar refractivity (Wildman–Crippen MR) is 60.5 cm³/mol. The number of carboxylic acid groups (broad SMARTS) is 1. The summed E-state index contributed by atoms with van der Waals surface area (Å²) in [5.74, 6) is -0.833.